The molecule has 98 valence electrons. The Morgan fingerprint density at radius 2 is 2.06 bits per heavy atom. The molecule has 0 saturated heterocycles. The monoisotopic (exact) mass is 246 g/mol. The lowest BCUT2D eigenvalue weighted by atomic mass is 10.1. The fraction of sp³-hybridized carbons (Fsp3) is 0.533. The molecule has 1 unspecified atom stereocenters. The van der Waals surface area contributed by atoms with Crippen molar-refractivity contribution in [3.63, 3.8) is 0 Å². The van der Waals surface area contributed by atoms with Crippen LogP contribution in [0.5, 0.6) is 5.75 Å². The molecule has 0 aromatic heterocycles. The van der Waals surface area contributed by atoms with Crippen molar-refractivity contribution in [2.45, 2.75) is 39.2 Å². The smallest absolute Gasteiger partial charge is 0.174 e. The molecule has 1 N–H and O–H groups in total. The van der Waals surface area contributed by atoms with E-state index >= 15 is 0 Å². The van der Waals surface area contributed by atoms with Crippen LogP contribution < -0.4 is 10.1 Å². The highest BCUT2D eigenvalue weighted by molar-refractivity contribution is 5.27. The van der Waals surface area contributed by atoms with Gasteiger partial charge in [0.05, 0.1) is 0 Å². The summed E-state index contributed by atoms with van der Waals surface area (Å²) in [4.78, 5) is 0. The first-order valence-corrected chi connectivity index (χ1v) is 6.58. The molecule has 0 bridgehead atoms. The van der Waals surface area contributed by atoms with Crippen molar-refractivity contribution in [2.75, 3.05) is 13.2 Å². The zero-order chi connectivity index (χ0) is 13.2. The van der Waals surface area contributed by atoms with Crippen LogP contribution in [0, 0.1) is 11.3 Å². The van der Waals surface area contributed by atoms with Crippen molar-refractivity contribution in [1.29, 1.82) is 5.26 Å². The van der Waals surface area contributed by atoms with Gasteiger partial charge in [-0.2, -0.15) is 5.26 Å². The van der Waals surface area contributed by atoms with E-state index in [2.05, 4.69) is 31.3 Å². The minimum atomic E-state index is 0.108. The lowest BCUT2D eigenvalue weighted by Crippen LogP contribution is -2.27. The molecule has 3 nitrogen and oxygen atoms in total. The first kappa shape index (κ1) is 14.5. The molecular weight excluding hydrogens is 224 g/mol. The van der Waals surface area contributed by atoms with Crippen LogP contribution in [-0.4, -0.2) is 19.2 Å². The van der Waals surface area contributed by atoms with Crippen LogP contribution in [0.15, 0.2) is 24.3 Å². The van der Waals surface area contributed by atoms with Crippen molar-refractivity contribution in [3.8, 4) is 11.8 Å². The van der Waals surface area contributed by atoms with E-state index in [1.165, 1.54) is 12.0 Å². The van der Waals surface area contributed by atoms with Crippen molar-refractivity contribution in [3.05, 3.63) is 29.8 Å². The number of nitrogens with zero attached hydrogens (tertiary/aromatic N) is 1. The van der Waals surface area contributed by atoms with Crippen LogP contribution in [0.1, 0.15) is 32.3 Å². The Hall–Kier alpha value is -1.53. The van der Waals surface area contributed by atoms with Crippen LogP contribution in [0.3, 0.4) is 0 Å². The minimum absolute atomic E-state index is 0.108. The highest BCUT2D eigenvalue weighted by Gasteiger charge is 2.01. The first-order chi connectivity index (χ1) is 8.76. The van der Waals surface area contributed by atoms with E-state index in [9.17, 15) is 0 Å². The minimum Gasteiger partial charge on any atom is -0.479 e. The maximum Gasteiger partial charge on any atom is 0.174 e. The number of hydrogen-bond acceptors (Lipinski definition) is 3. The van der Waals surface area contributed by atoms with Gasteiger partial charge in [-0.15, -0.1) is 0 Å². The molecule has 0 aliphatic rings. The van der Waals surface area contributed by atoms with Gasteiger partial charge in [0.25, 0.3) is 0 Å². The summed E-state index contributed by atoms with van der Waals surface area (Å²) >= 11 is 0. The van der Waals surface area contributed by atoms with E-state index < -0.39 is 0 Å². The Balaban J connectivity index is 2.32. The number of benzene rings is 1. The largest absolute Gasteiger partial charge is 0.479 e. The molecule has 0 heterocycles. The van der Waals surface area contributed by atoms with Crippen molar-refractivity contribution >= 4 is 0 Å². The van der Waals surface area contributed by atoms with E-state index in [0.29, 0.717) is 6.04 Å². The number of nitriles is 1. The van der Waals surface area contributed by atoms with Gasteiger partial charge in [0.1, 0.15) is 11.8 Å². The molecular formula is C15H22N2O. The molecule has 0 fully saturated rings. The predicted molar refractivity (Wildman–Crippen MR) is 73.6 cm³/mol. The fourth-order valence-corrected chi connectivity index (χ4v) is 1.74. The van der Waals surface area contributed by atoms with Crippen LogP contribution >= 0.6 is 0 Å². The van der Waals surface area contributed by atoms with Crippen LogP contribution in [0.25, 0.3) is 0 Å². The Morgan fingerprint density at radius 3 is 2.67 bits per heavy atom. The maximum atomic E-state index is 8.42. The van der Waals surface area contributed by atoms with Crippen LogP contribution in [-0.2, 0) is 6.42 Å². The molecule has 0 radical (unpaired) electrons. The Morgan fingerprint density at radius 1 is 1.33 bits per heavy atom. The van der Waals surface area contributed by atoms with Gasteiger partial charge >= 0.3 is 0 Å². The predicted octanol–water partition coefficient (Wildman–Crippen LogP) is 2.91. The molecule has 0 spiro atoms. The average Bonchev–Trinajstić information content (AvgIpc) is 2.41. The first-order valence-electron chi connectivity index (χ1n) is 6.58. The third kappa shape index (κ3) is 5.70. The van der Waals surface area contributed by atoms with Gasteiger partial charge in [0, 0.05) is 6.04 Å². The summed E-state index contributed by atoms with van der Waals surface area (Å²) in [6.07, 6.45) is 3.38. The summed E-state index contributed by atoms with van der Waals surface area (Å²) in [5.74, 6) is 0.762. The molecule has 3 heteroatoms. The molecule has 0 aliphatic carbocycles. The lowest BCUT2D eigenvalue weighted by Gasteiger charge is -2.13. The SMILES string of the molecule is CCCNC(C)CCc1ccc(OCC#N)cc1. The topological polar surface area (TPSA) is 45.0 Å². The zero-order valence-corrected chi connectivity index (χ0v) is 11.3. The summed E-state index contributed by atoms with van der Waals surface area (Å²) in [5.41, 5.74) is 1.31. The Kier molecular flexibility index (Phi) is 6.90. The Labute approximate surface area is 110 Å². The van der Waals surface area contributed by atoms with E-state index in [4.69, 9.17) is 10.00 Å². The second-order valence-electron chi connectivity index (χ2n) is 4.48. The summed E-state index contributed by atoms with van der Waals surface area (Å²) < 4.78 is 5.22. The van der Waals surface area contributed by atoms with Gasteiger partial charge in [-0.25, -0.2) is 0 Å². The van der Waals surface area contributed by atoms with Gasteiger partial charge in [0.15, 0.2) is 6.61 Å². The molecule has 1 aromatic carbocycles. The number of hydrogen-bond donors (Lipinski definition) is 1. The number of ether oxygens (including phenoxy) is 1. The van der Waals surface area contributed by atoms with Crippen LogP contribution in [0.2, 0.25) is 0 Å². The lowest BCUT2D eigenvalue weighted by molar-refractivity contribution is 0.368. The number of nitrogens with one attached hydrogen (secondary N) is 1. The Bertz CT molecular complexity index is 367. The quantitative estimate of drug-likeness (QED) is 0.767. The molecule has 1 rings (SSSR count). The molecule has 1 atom stereocenters. The van der Waals surface area contributed by atoms with Crippen molar-refractivity contribution in [1.82, 2.24) is 5.32 Å². The highest BCUT2D eigenvalue weighted by atomic mass is 16.5. The van der Waals surface area contributed by atoms with Gasteiger partial charge < -0.3 is 10.1 Å². The van der Waals surface area contributed by atoms with E-state index in [0.717, 1.165) is 25.1 Å². The molecule has 18 heavy (non-hydrogen) atoms. The summed E-state index contributed by atoms with van der Waals surface area (Å²) in [5, 5.41) is 11.9. The van der Waals surface area contributed by atoms with Gasteiger partial charge in [-0.05, 0) is 50.4 Å². The molecule has 0 amide bonds. The van der Waals surface area contributed by atoms with Gasteiger partial charge in [-0.3, -0.25) is 0 Å². The van der Waals surface area contributed by atoms with E-state index in [1.807, 2.05) is 18.2 Å². The average molecular weight is 246 g/mol. The number of rotatable bonds is 8. The molecule has 0 saturated carbocycles. The normalized spacial score (nSPS) is 11.8. The van der Waals surface area contributed by atoms with Crippen molar-refractivity contribution in [2.24, 2.45) is 0 Å². The summed E-state index contributed by atoms with van der Waals surface area (Å²) in [7, 11) is 0. The highest BCUT2D eigenvalue weighted by Crippen LogP contribution is 2.13. The van der Waals surface area contributed by atoms with E-state index in [1.54, 1.807) is 0 Å². The van der Waals surface area contributed by atoms with Crippen LogP contribution in [0.4, 0.5) is 0 Å². The zero-order valence-electron chi connectivity index (χ0n) is 11.3. The van der Waals surface area contributed by atoms with Gasteiger partial charge in [0.2, 0.25) is 0 Å². The van der Waals surface area contributed by atoms with E-state index in [-0.39, 0.29) is 6.61 Å². The molecule has 1 aromatic rings. The van der Waals surface area contributed by atoms with Crippen molar-refractivity contribution < 1.29 is 4.74 Å². The third-order valence-electron chi connectivity index (χ3n) is 2.84. The second-order valence-corrected chi connectivity index (χ2v) is 4.48. The third-order valence-corrected chi connectivity index (χ3v) is 2.84. The summed E-state index contributed by atoms with van der Waals surface area (Å²) in [6, 6.07) is 10.5. The fourth-order valence-electron chi connectivity index (χ4n) is 1.74. The summed E-state index contributed by atoms with van der Waals surface area (Å²) in [6.45, 7) is 5.60. The van der Waals surface area contributed by atoms with Gasteiger partial charge in [-0.1, -0.05) is 19.1 Å². The molecule has 0 aliphatic heterocycles. The maximum absolute atomic E-state index is 8.42. The second kappa shape index (κ2) is 8.54. The number of aryl methyl sites for hydroxylation is 1. The standard InChI is InChI=1S/C15H22N2O/c1-3-11-17-13(2)4-5-14-6-8-15(9-7-14)18-12-10-16/h6-9,13,17H,3-5,11-12H2,1-2H3.